The zero-order valence-corrected chi connectivity index (χ0v) is 10.5. The van der Waals surface area contributed by atoms with Crippen molar-refractivity contribution in [1.82, 2.24) is 0 Å². The van der Waals surface area contributed by atoms with Crippen LogP contribution in [0, 0.1) is 5.92 Å². The smallest absolute Gasteiger partial charge is 0.153 e. The molecule has 0 fully saturated rings. The van der Waals surface area contributed by atoms with E-state index in [2.05, 4.69) is 0 Å². The molecule has 0 aliphatic carbocycles. The van der Waals surface area contributed by atoms with Gasteiger partial charge < -0.3 is 10.5 Å². The third-order valence-corrected chi connectivity index (χ3v) is 3.59. The molecule has 2 nitrogen and oxygen atoms in total. The van der Waals surface area contributed by atoms with E-state index in [9.17, 15) is 4.39 Å². The quantitative estimate of drug-likeness (QED) is 0.877. The standard InChI is InChI=1S/C14H20FNO/c1-10(2)14(15,9-16)12-7-3-5-11-6-4-8-17-13(11)12/h3,5,7,10H,4,6,8-9,16H2,1-2H3. The maximum atomic E-state index is 15.0. The van der Waals surface area contributed by atoms with Crippen LogP contribution in [0.5, 0.6) is 5.75 Å². The molecule has 1 aliphatic rings. The molecule has 0 saturated heterocycles. The summed E-state index contributed by atoms with van der Waals surface area (Å²) in [6.07, 6.45) is 1.96. The molecule has 0 amide bonds. The zero-order valence-electron chi connectivity index (χ0n) is 10.5. The lowest BCUT2D eigenvalue weighted by molar-refractivity contribution is 0.103. The Morgan fingerprint density at radius 2 is 2.24 bits per heavy atom. The molecule has 17 heavy (non-hydrogen) atoms. The fraction of sp³-hybridized carbons (Fsp3) is 0.571. The third kappa shape index (κ3) is 2.04. The Bertz CT molecular complexity index is 405. The van der Waals surface area contributed by atoms with Crippen molar-refractivity contribution in [3.8, 4) is 5.75 Å². The van der Waals surface area contributed by atoms with Crippen molar-refractivity contribution in [3.63, 3.8) is 0 Å². The van der Waals surface area contributed by atoms with Crippen molar-refractivity contribution < 1.29 is 9.13 Å². The number of hydrogen-bond donors (Lipinski definition) is 1. The molecular formula is C14H20FNO. The van der Waals surface area contributed by atoms with Crippen molar-refractivity contribution in [2.24, 2.45) is 11.7 Å². The zero-order chi connectivity index (χ0) is 12.5. The van der Waals surface area contributed by atoms with Crippen LogP contribution in [-0.2, 0) is 12.1 Å². The fourth-order valence-corrected chi connectivity index (χ4v) is 2.37. The van der Waals surface area contributed by atoms with Gasteiger partial charge in [-0.05, 0) is 24.3 Å². The fourth-order valence-electron chi connectivity index (χ4n) is 2.37. The lowest BCUT2D eigenvalue weighted by Crippen LogP contribution is -2.36. The average molecular weight is 237 g/mol. The number of rotatable bonds is 3. The Labute approximate surface area is 102 Å². The van der Waals surface area contributed by atoms with Crippen LogP contribution >= 0.6 is 0 Å². The van der Waals surface area contributed by atoms with Crippen molar-refractivity contribution in [1.29, 1.82) is 0 Å². The summed E-state index contributed by atoms with van der Waals surface area (Å²) in [5.74, 6) is 0.560. The average Bonchev–Trinajstić information content (AvgIpc) is 2.37. The molecule has 0 bridgehead atoms. The summed E-state index contributed by atoms with van der Waals surface area (Å²) in [5, 5.41) is 0. The van der Waals surface area contributed by atoms with Crippen LogP contribution in [0.25, 0.3) is 0 Å². The van der Waals surface area contributed by atoms with Crippen LogP contribution in [0.4, 0.5) is 4.39 Å². The summed E-state index contributed by atoms with van der Waals surface area (Å²) < 4.78 is 20.6. The second-order valence-electron chi connectivity index (χ2n) is 4.97. The minimum Gasteiger partial charge on any atom is -0.493 e. The summed E-state index contributed by atoms with van der Waals surface area (Å²) >= 11 is 0. The molecule has 2 rings (SSSR count). The highest BCUT2D eigenvalue weighted by molar-refractivity contribution is 5.46. The second-order valence-corrected chi connectivity index (χ2v) is 4.97. The lowest BCUT2D eigenvalue weighted by Gasteiger charge is -2.32. The molecule has 1 aliphatic heterocycles. The number of aryl methyl sites for hydroxylation is 1. The molecule has 0 spiro atoms. The van der Waals surface area contributed by atoms with Crippen LogP contribution in [-0.4, -0.2) is 13.2 Å². The van der Waals surface area contributed by atoms with Crippen molar-refractivity contribution >= 4 is 0 Å². The number of fused-ring (bicyclic) bond motifs is 1. The molecule has 0 aromatic heterocycles. The van der Waals surface area contributed by atoms with Gasteiger partial charge >= 0.3 is 0 Å². The Morgan fingerprint density at radius 3 is 2.88 bits per heavy atom. The highest BCUT2D eigenvalue weighted by atomic mass is 19.1. The van der Waals surface area contributed by atoms with E-state index in [1.54, 1.807) is 6.07 Å². The van der Waals surface area contributed by atoms with E-state index in [-0.39, 0.29) is 12.5 Å². The topological polar surface area (TPSA) is 35.2 Å². The second kappa shape index (κ2) is 4.65. The number of para-hydroxylation sites is 1. The first-order chi connectivity index (χ1) is 8.09. The maximum absolute atomic E-state index is 15.0. The molecule has 1 heterocycles. The van der Waals surface area contributed by atoms with Crippen LogP contribution in [0.15, 0.2) is 18.2 Å². The van der Waals surface area contributed by atoms with Crippen molar-refractivity contribution in [3.05, 3.63) is 29.3 Å². The van der Waals surface area contributed by atoms with Gasteiger partial charge in [0, 0.05) is 12.1 Å². The van der Waals surface area contributed by atoms with Gasteiger partial charge in [-0.1, -0.05) is 32.0 Å². The van der Waals surface area contributed by atoms with Crippen molar-refractivity contribution in [2.45, 2.75) is 32.4 Å². The molecule has 94 valence electrons. The van der Waals surface area contributed by atoms with Crippen LogP contribution in [0.1, 0.15) is 31.4 Å². The van der Waals surface area contributed by atoms with Gasteiger partial charge in [-0.3, -0.25) is 0 Å². The van der Waals surface area contributed by atoms with E-state index < -0.39 is 5.67 Å². The molecule has 1 atom stereocenters. The highest BCUT2D eigenvalue weighted by Gasteiger charge is 2.38. The molecule has 2 N–H and O–H groups in total. The molecule has 3 heteroatoms. The van der Waals surface area contributed by atoms with Crippen LogP contribution in [0.3, 0.4) is 0 Å². The SMILES string of the molecule is CC(C)C(F)(CN)c1cccc2c1OCCC2. The van der Waals surface area contributed by atoms with E-state index in [4.69, 9.17) is 10.5 Å². The largest absolute Gasteiger partial charge is 0.493 e. The van der Waals surface area contributed by atoms with E-state index in [0.29, 0.717) is 12.2 Å². The number of halogens is 1. The minimum absolute atomic E-state index is 0.00944. The van der Waals surface area contributed by atoms with E-state index in [0.717, 1.165) is 24.2 Å². The maximum Gasteiger partial charge on any atom is 0.153 e. The van der Waals surface area contributed by atoms with Gasteiger partial charge in [0.15, 0.2) is 5.67 Å². The van der Waals surface area contributed by atoms with Gasteiger partial charge in [-0.2, -0.15) is 0 Å². The summed E-state index contributed by atoms with van der Waals surface area (Å²) in [7, 11) is 0. The Hall–Kier alpha value is -1.09. The monoisotopic (exact) mass is 237 g/mol. The summed E-state index contributed by atoms with van der Waals surface area (Å²) in [6, 6.07) is 5.71. The number of ether oxygens (including phenoxy) is 1. The van der Waals surface area contributed by atoms with E-state index in [1.807, 2.05) is 26.0 Å². The van der Waals surface area contributed by atoms with E-state index >= 15 is 0 Å². The number of benzene rings is 1. The Balaban J connectivity index is 2.51. The Morgan fingerprint density at radius 1 is 1.47 bits per heavy atom. The van der Waals surface area contributed by atoms with Gasteiger partial charge in [0.05, 0.1) is 6.61 Å². The molecule has 1 aromatic rings. The molecule has 1 aromatic carbocycles. The first-order valence-electron chi connectivity index (χ1n) is 6.23. The summed E-state index contributed by atoms with van der Waals surface area (Å²) in [6.45, 7) is 4.37. The number of hydrogen-bond acceptors (Lipinski definition) is 2. The van der Waals surface area contributed by atoms with E-state index in [1.165, 1.54) is 0 Å². The first kappa shape index (κ1) is 12.4. The predicted molar refractivity (Wildman–Crippen MR) is 66.9 cm³/mol. The molecule has 1 unspecified atom stereocenters. The highest BCUT2D eigenvalue weighted by Crippen LogP contribution is 2.41. The number of alkyl halides is 1. The Kier molecular flexibility index (Phi) is 3.38. The first-order valence-corrected chi connectivity index (χ1v) is 6.23. The summed E-state index contributed by atoms with van der Waals surface area (Å²) in [4.78, 5) is 0. The molecular weight excluding hydrogens is 217 g/mol. The van der Waals surface area contributed by atoms with Gasteiger partial charge in [0.25, 0.3) is 0 Å². The molecule has 0 radical (unpaired) electrons. The van der Waals surface area contributed by atoms with Gasteiger partial charge in [0.1, 0.15) is 5.75 Å². The molecule has 0 saturated carbocycles. The van der Waals surface area contributed by atoms with Crippen LogP contribution < -0.4 is 10.5 Å². The summed E-state index contributed by atoms with van der Waals surface area (Å²) in [5.41, 5.74) is 5.86. The minimum atomic E-state index is -1.50. The predicted octanol–water partition coefficient (Wildman–Crippen LogP) is 2.79. The van der Waals surface area contributed by atoms with Gasteiger partial charge in [-0.25, -0.2) is 4.39 Å². The third-order valence-electron chi connectivity index (χ3n) is 3.59. The number of nitrogens with two attached hydrogens (primary N) is 1. The van der Waals surface area contributed by atoms with Crippen LogP contribution in [0.2, 0.25) is 0 Å². The lowest BCUT2D eigenvalue weighted by atomic mass is 9.83. The van der Waals surface area contributed by atoms with Gasteiger partial charge in [-0.15, -0.1) is 0 Å². The normalized spacial score (nSPS) is 18.4. The van der Waals surface area contributed by atoms with Gasteiger partial charge in [0.2, 0.25) is 0 Å². The van der Waals surface area contributed by atoms with Crippen molar-refractivity contribution in [2.75, 3.05) is 13.2 Å².